The minimum atomic E-state index is 0.642. The van der Waals surface area contributed by atoms with Crippen LogP contribution in [-0.4, -0.2) is 0 Å². The van der Waals surface area contributed by atoms with Gasteiger partial charge in [0.1, 0.15) is 5.16 Å². The van der Waals surface area contributed by atoms with Crippen LogP contribution in [-0.2, 0) is 0 Å². The monoisotopic (exact) mass is 210 g/mol. The molecule has 1 aliphatic carbocycles. The number of hydrogen-bond donors (Lipinski definition) is 2. The summed E-state index contributed by atoms with van der Waals surface area (Å²) in [4.78, 5) is 0. The molecule has 0 radical (unpaired) electrons. The van der Waals surface area contributed by atoms with Gasteiger partial charge >= 0.3 is 0 Å². The van der Waals surface area contributed by atoms with Crippen LogP contribution in [0.25, 0.3) is 0 Å². The molecule has 0 bridgehead atoms. The van der Waals surface area contributed by atoms with Gasteiger partial charge < -0.3 is 10.6 Å². The lowest BCUT2D eigenvalue weighted by molar-refractivity contribution is 0.761. The first-order valence-corrected chi connectivity index (χ1v) is 5.40. The molecule has 0 unspecified atom stereocenters. The van der Waals surface area contributed by atoms with Gasteiger partial charge in [-0.25, -0.2) is 0 Å². The Kier molecular flexibility index (Phi) is 2.55. The van der Waals surface area contributed by atoms with Crippen LogP contribution in [0.15, 0.2) is 34.4 Å². The topological polar surface area (TPSA) is 24.1 Å². The van der Waals surface area contributed by atoms with E-state index in [4.69, 9.17) is 11.6 Å². The van der Waals surface area contributed by atoms with E-state index in [1.165, 1.54) is 12.8 Å². The lowest BCUT2D eigenvalue weighted by Gasteiger charge is -2.25. The van der Waals surface area contributed by atoms with Crippen LogP contribution >= 0.6 is 11.6 Å². The van der Waals surface area contributed by atoms with Gasteiger partial charge in [0.15, 0.2) is 0 Å². The molecule has 2 N–H and O–H groups in total. The molecule has 1 saturated carbocycles. The van der Waals surface area contributed by atoms with Crippen molar-refractivity contribution in [2.24, 2.45) is 5.92 Å². The molecular formula is C11H15ClN2. The minimum absolute atomic E-state index is 0.642. The van der Waals surface area contributed by atoms with Gasteiger partial charge in [-0.2, -0.15) is 0 Å². The Labute approximate surface area is 89.7 Å². The summed E-state index contributed by atoms with van der Waals surface area (Å²) in [5.41, 5.74) is 3.34. The normalized spacial score (nSPS) is 27.9. The summed E-state index contributed by atoms with van der Waals surface area (Å²) in [5, 5.41) is 7.36. The second-order valence-corrected chi connectivity index (χ2v) is 4.03. The van der Waals surface area contributed by atoms with Crippen LogP contribution in [0, 0.1) is 5.92 Å². The van der Waals surface area contributed by atoms with Crippen molar-refractivity contribution in [3.05, 3.63) is 34.4 Å². The number of allylic oxidation sites excluding steroid dienone is 3. The van der Waals surface area contributed by atoms with Crippen molar-refractivity contribution >= 4 is 11.6 Å². The smallest absolute Gasteiger partial charge is 0.126 e. The molecule has 14 heavy (non-hydrogen) atoms. The Hall–Kier alpha value is -0.890. The molecule has 0 saturated heterocycles. The largest absolute Gasteiger partial charge is 0.355 e. The van der Waals surface area contributed by atoms with Gasteiger partial charge in [-0.15, -0.1) is 0 Å². The van der Waals surface area contributed by atoms with Crippen molar-refractivity contribution in [3.8, 4) is 0 Å². The van der Waals surface area contributed by atoms with Crippen molar-refractivity contribution in [2.75, 3.05) is 0 Å². The molecule has 1 aliphatic heterocycles. The lowest BCUT2D eigenvalue weighted by atomic mass is 10.2. The molecule has 0 aromatic rings. The van der Waals surface area contributed by atoms with Crippen LogP contribution in [0.1, 0.15) is 26.7 Å². The SMILES string of the molecule is CC=C1NC(Cl)=C(C2CC2)NC1=CC. The van der Waals surface area contributed by atoms with Crippen molar-refractivity contribution in [2.45, 2.75) is 26.7 Å². The highest BCUT2D eigenvalue weighted by molar-refractivity contribution is 6.29. The predicted molar refractivity (Wildman–Crippen MR) is 59.4 cm³/mol. The lowest BCUT2D eigenvalue weighted by Crippen LogP contribution is -2.30. The average molecular weight is 211 g/mol. The van der Waals surface area contributed by atoms with E-state index in [0.29, 0.717) is 5.92 Å². The first-order chi connectivity index (χ1) is 6.76. The van der Waals surface area contributed by atoms with Gasteiger partial charge in [0, 0.05) is 5.92 Å². The van der Waals surface area contributed by atoms with E-state index < -0.39 is 0 Å². The molecule has 0 aromatic carbocycles. The predicted octanol–water partition coefficient (Wildman–Crippen LogP) is 2.80. The highest BCUT2D eigenvalue weighted by Gasteiger charge is 2.31. The van der Waals surface area contributed by atoms with Crippen LogP contribution in [0.5, 0.6) is 0 Å². The number of halogens is 1. The molecule has 0 atom stereocenters. The first kappa shape index (κ1) is 9.66. The van der Waals surface area contributed by atoms with Gasteiger partial charge in [0.2, 0.25) is 0 Å². The van der Waals surface area contributed by atoms with Crippen LogP contribution < -0.4 is 10.6 Å². The summed E-state index contributed by atoms with van der Waals surface area (Å²) < 4.78 is 0. The molecule has 2 nitrogen and oxygen atoms in total. The molecule has 2 rings (SSSR count). The maximum Gasteiger partial charge on any atom is 0.126 e. The second-order valence-electron chi connectivity index (χ2n) is 3.66. The van der Waals surface area contributed by atoms with Crippen molar-refractivity contribution in [1.29, 1.82) is 0 Å². The molecule has 0 aromatic heterocycles. The van der Waals surface area contributed by atoms with Crippen LogP contribution in [0.3, 0.4) is 0 Å². The molecule has 0 spiro atoms. The minimum Gasteiger partial charge on any atom is -0.355 e. The summed E-state index contributed by atoms with van der Waals surface area (Å²) in [6.45, 7) is 4.02. The Balaban J connectivity index is 2.28. The van der Waals surface area contributed by atoms with Crippen molar-refractivity contribution in [3.63, 3.8) is 0 Å². The van der Waals surface area contributed by atoms with E-state index in [2.05, 4.69) is 16.7 Å². The molecular weight excluding hydrogens is 196 g/mol. The van der Waals surface area contributed by atoms with E-state index in [0.717, 1.165) is 22.2 Å². The third kappa shape index (κ3) is 1.67. The van der Waals surface area contributed by atoms with Gasteiger partial charge in [0.25, 0.3) is 0 Å². The molecule has 1 fully saturated rings. The third-order valence-electron chi connectivity index (χ3n) is 2.60. The highest BCUT2D eigenvalue weighted by Crippen LogP contribution is 2.39. The zero-order valence-corrected chi connectivity index (χ0v) is 9.28. The molecule has 76 valence electrons. The fourth-order valence-electron chi connectivity index (χ4n) is 1.63. The Morgan fingerprint density at radius 2 is 1.71 bits per heavy atom. The van der Waals surface area contributed by atoms with Gasteiger partial charge in [-0.1, -0.05) is 23.8 Å². The van der Waals surface area contributed by atoms with Crippen molar-refractivity contribution < 1.29 is 0 Å². The van der Waals surface area contributed by atoms with Gasteiger partial charge in [-0.3, -0.25) is 0 Å². The zero-order chi connectivity index (χ0) is 10.1. The van der Waals surface area contributed by atoms with E-state index in [1.54, 1.807) is 0 Å². The maximum absolute atomic E-state index is 6.15. The van der Waals surface area contributed by atoms with Gasteiger partial charge in [-0.05, 0) is 26.7 Å². The van der Waals surface area contributed by atoms with E-state index in [-0.39, 0.29) is 0 Å². The first-order valence-electron chi connectivity index (χ1n) is 5.03. The maximum atomic E-state index is 6.15. The van der Waals surface area contributed by atoms with Gasteiger partial charge in [0.05, 0.1) is 17.1 Å². The van der Waals surface area contributed by atoms with E-state index >= 15 is 0 Å². The summed E-state index contributed by atoms with van der Waals surface area (Å²) in [6.07, 6.45) is 6.59. The summed E-state index contributed by atoms with van der Waals surface area (Å²) in [7, 11) is 0. The third-order valence-corrected chi connectivity index (χ3v) is 2.90. The van der Waals surface area contributed by atoms with E-state index in [9.17, 15) is 0 Å². The number of hydrogen-bond acceptors (Lipinski definition) is 2. The Bertz CT molecular complexity index is 335. The highest BCUT2D eigenvalue weighted by atomic mass is 35.5. The quantitative estimate of drug-likeness (QED) is 0.651. The molecule has 1 heterocycles. The summed E-state index contributed by atoms with van der Waals surface area (Å²) >= 11 is 6.15. The zero-order valence-electron chi connectivity index (χ0n) is 8.52. The Morgan fingerprint density at radius 1 is 1.14 bits per heavy atom. The second kappa shape index (κ2) is 3.70. The average Bonchev–Trinajstić information content (AvgIpc) is 3.01. The molecule has 3 heteroatoms. The number of rotatable bonds is 1. The fraction of sp³-hybridized carbons (Fsp3) is 0.455. The van der Waals surface area contributed by atoms with Crippen LogP contribution in [0.2, 0.25) is 0 Å². The standard InChI is InChI=1S/C11H15ClN2/c1-3-8-9(4-2)14-11(12)10(13-8)7-5-6-7/h3-4,7,13-14H,5-6H2,1-2H3. The summed E-state index contributed by atoms with van der Waals surface area (Å²) in [5.74, 6) is 0.642. The van der Waals surface area contributed by atoms with Crippen molar-refractivity contribution in [1.82, 2.24) is 10.6 Å². The van der Waals surface area contributed by atoms with E-state index in [1.807, 2.05) is 19.9 Å². The summed E-state index contributed by atoms with van der Waals surface area (Å²) in [6, 6.07) is 0. The molecule has 0 amide bonds. The van der Waals surface area contributed by atoms with Crippen LogP contribution in [0.4, 0.5) is 0 Å². The fourth-order valence-corrected chi connectivity index (χ4v) is 1.93. The molecule has 2 aliphatic rings. The Morgan fingerprint density at radius 3 is 2.21 bits per heavy atom. The number of nitrogens with one attached hydrogen (secondary N) is 2.